The Morgan fingerprint density at radius 2 is 1.81 bits per heavy atom. The lowest BCUT2D eigenvalue weighted by molar-refractivity contribution is -0.137. The van der Waals surface area contributed by atoms with Crippen molar-refractivity contribution in [3.05, 3.63) is 23.8 Å². The second-order valence-electron chi connectivity index (χ2n) is 10.4. The molecule has 5 aliphatic carbocycles. The maximum absolute atomic E-state index is 12.7. The second kappa shape index (κ2) is 5.00. The van der Waals surface area contributed by atoms with E-state index >= 15 is 0 Å². The number of carbonyl (C=O) groups is 2. The number of allylic oxidation sites excluding steroid dienone is 4. The van der Waals surface area contributed by atoms with Gasteiger partial charge in [0.2, 0.25) is 0 Å². The summed E-state index contributed by atoms with van der Waals surface area (Å²) in [6.07, 6.45) is 13.8. The Labute approximate surface area is 157 Å². The lowest BCUT2D eigenvalue weighted by Crippen LogP contribution is -2.54. The quantitative estimate of drug-likeness (QED) is 0.655. The highest BCUT2D eigenvalue weighted by Crippen LogP contribution is 2.80. The van der Waals surface area contributed by atoms with Crippen molar-refractivity contribution in [3.63, 3.8) is 0 Å². The van der Waals surface area contributed by atoms with Crippen LogP contribution in [-0.2, 0) is 9.59 Å². The minimum Gasteiger partial charge on any atom is -0.299 e. The zero-order chi connectivity index (χ0) is 18.5. The van der Waals surface area contributed by atoms with Crippen LogP contribution in [0.4, 0.5) is 0 Å². The highest BCUT2D eigenvalue weighted by molar-refractivity contribution is 5.94. The lowest BCUT2D eigenvalue weighted by atomic mass is 9.45. The average Bonchev–Trinajstić information content (AvgIpc) is 3.04. The van der Waals surface area contributed by atoms with Crippen LogP contribution < -0.4 is 0 Å². The van der Waals surface area contributed by atoms with Crippen molar-refractivity contribution in [1.29, 1.82) is 0 Å². The molecule has 2 nitrogen and oxygen atoms in total. The van der Waals surface area contributed by atoms with E-state index in [2.05, 4.69) is 32.9 Å². The normalized spacial score (nSPS) is 54.4. The van der Waals surface area contributed by atoms with E-state index in [1.165, 1.54) is 31.3 Å². The summed E-state index contributed by atoms with van der Waals surface area (Å²) >= 11 is 0. The summed E-state index contributed by atoms with van der Waals surface area (Å²) in [6.45, 7) is 8.73. The van der Waals surface area contributed by atoms with Crippen molar-refractivity contribution < 1.29 is 9.59 Å². The molecule has 0 N–H and O–H groups in total. The molecule has 5 rings (SSSR count). The van der Waals surface area contributed by atoms with E-state index in [-0.39, 0.29) is 16.7 Å². The summed E-state index contributed by atoms with van der Waals surface area (Å²) < 4.78 is 0. The van der Waals surface area contributed by atoms with E-state index in [9.17, 15) is 9.59 Å². The van der Waals surface area contributed by atoms with Gasteiger partial charge in [-0.2, -0.15) is 0 Å². The fourth-order valence-corrected chi connectivity index (χ4v) is 8.68. The Balaban J connectivity index is 1.61. The van der Waals surface area contributed by atoms with Gasteiger partial charge in [-0.3, -0.25) is 9.59 Å². The maximum Gasteiger partial charge on any atom is 0.159 e. The van der Waals surface area contributed by atoms with E-state index in [1.54, 1.807) is 0 Å². The Morgan fingerprint density at radius 3 is 2.46 bits per heavy atom. The highest BCUT2D eigenvalue weighted by Gasteiger charge is 2.75. The smallest absolute Gasteiger partial charge is 0.159 e. The van der Waals surface area contributed by atoms with E-state index < -0.39 is 0 Å². The van der Waals surface area contributed by atoms with Gasteiger partial charge in [0.15, 0.2) is 5.78 Å². The molecule has 140 valence electrons. The van der Waals surface area contributed by atoms with Gasteiger partial charge in [0.05, 0.1) is 0 Å². The first-order valence-electron chi connectivity index (χ1n) is 10.7. The minimum atomic E-state index is -0.0522. The molecule has 0 aliphatic heterocycles. The molecular weight excluding hydrogens is 320 g/mol. The van der Waals surface area contributed by atoms with Gasteiger partial charge in [-0.1, -0.05) is 32.9 Å². The topological polar surface area (TPSA) is 34.1 Å². The van der Waals surface area contributed by atoms with Crippen molar-refractivity contribution in [1.82, 2.24) is 0 Å². The third kappa shape index (κ3) is 1.62. The third-order valence-corrected chi connectivity index (χ3v) is 10.4. The van der Waals surface area contributed by atoms with E-state index in [1.807, 2.05) is 13.0 Å². The molecule has 0 spiro atoms. The van der Waals surface area contributed by atoms with Gasteiger partial charge >= 0.3 is 0 Å². The van der Waals surface area contributed by atoms with Crippen LogP contribution >= 0.6 is 0 Å². The summed E-state index contributed by atoms with van der Waals surface area (Å²) in [5.74, 6) is 3.11. The van der Waals surface area contributed by atoms with E-state index in [0.29, 0.717) is 40.7 Å². The fourth-order valence-electron chi connectivity index (χ4n) is 8.68. The molecule has 0 amide bonds. The van der Waals surface area contributed by atoms with Gasteiger partial charge in [0, 0.05) is 11.3 Å². The first-order valence-corrected chi connectivity index (χ1v) is 10.7. The number of ketones is 2. The number of hydrogen-bond acceptors (Lipinski definition) is 2. The molecule has 2 heteroatoms. The predicted octanol–water partition coefficient (Wildman–Crippen LogP) is 5.14. The number of hydrogen-bond donors (Lipinski definition) is 0. The average molecular weight is 353 g/mol. The number of Topliss-reactive ketones (excluding diaryl/α,β-unsaturated/α-hetero) is 1. The molecule has 2 unspecified atom stereocenters. The summed E-state index contributed by atoms with van der Waals surface area (Å²) in [4.78, 5) is 25.1. The lowest BCUT2D eigenvalue weighted by Gasteiger charge is -2.58. The van der Waals surface area contributed by atoms with E-state index in [4.69, 9.17) is 0 Å². The molecule has 0 aromatic carbocycles. The van der Waals surface area contributed by atoms with E-state index in [0.717, 1.165) is 12.8 Å². The number of carbonyl (C=O) groups excluding carboxylic acids is 2. The predicted molar refractivity (Wildman–Crippen MR) is 102 cm³/mol. The van der Waals surface area contributed by atoms with Gasteiger partial charge in [-0.25, -0.2) is 0 Å². The van der Waals surface area contributed by atoms with Crippen LogP contribution in [0.1, 0.15) is 66.2 Å². The molecule has 0 saturated heterocycles. The fraction of sp³-hybridized carbons (Fsp3) is 0.750. The summed E-state index contributed by atoms with van der Waals surface area (Å²) in [6, 6.07) is 0. The molecule has 3 fully saturated rings. The van der Waals surface area contributed by atoms with Crippen LogP contribution in [0.2, 0.25) is 0 Å². The first kappa shape index (κ1) is 17.0. The molecule has 3 saturated carbocycles. The minimum absolute atomic E-state index is 0.0522. The molecular formula is C24H32O2. The standard InChI is InChI=1S/C24H32O2/c1-14-15(2)21-17(13-20(14)26)5-6-19-18(21)7-8-22(4)23(16(3)25)9-11-24(19,22)12-10-23/h5-6,13-15,18-19,21H,7-12H2,1-4H3/t14?,15?,18-,19+,21-,22+,23?,24?/m0/s1. The highest BCUT2D eigenvalue weighted by atomic mass is 16.1. The number of rotatable bonds is 1. The van der Waals surface area contributed by atoms with Gasteiger partial charge in [0.25, 0.3) is 0 Å². The molecule has 26 heavy (non-hydrogen) atoms. The van der Waals surface area contributed by atoms with Gasteiger partial charge in [0.1, 0.15) is 5.78 Å². The first-order chi connectivity index (χ1) is 12.3. The van der Waals surface area contributed by atoms with Gasteiger partial charge < -0.3 is 0 Å². The van der Waals surface area contributed by atoms with Gasteiger partial charge in [-0.15, -0.1) is 0 Å². The summed E-state index contributed by atoms with van der Waals surface area (Å²) in [5.41, 5.74) is 1.73. The zero-order valence-corrected chi connectivity index (χ0v) is 16.7. The maximum atomic E-state index is 12.7. The Hall–Kier alpha value is -1.18. The van der Waals surface area contributed by atoms with Crippen LogP contribution in [0.15, 0.2) is 23.8 Å². The molecule has 0 aromatic heterocycles. The van der Waals surface area contributed by atoms with Crippen LogP contribution in [0.3, 0.4) is 0 Å². The largest absolute Gasteiger partial charge is 0.299 e. The molecule has 5 aliphatic rings. The Bertz CT molecular complexity index is 748. The molecule has 6 atom stereocenters. The van der Waals surface area contributed by atoms with Crippen molar-refractivity contribution in [2.75, 3.05) is 0 Å². The van der Waals surface area contributed by atoms with Crippen molar-refractivity contribution in [2.24, 2.45) is 45.8 Å². The summed E-state index contributed by atoms with van der Waals surface area (Å²) in [5, 5.41) is 0. The van der Waals surface area contributed by atoms with Crippen molar-refractivity contribution in [3.8, 4) is 0 Å². The molecule has 0 heterocycles. The van der Waals surface area contributed by atoms with Crippen LogP contribution in [0, 0.1) is 45.8 Å². The van der Waals surface area contributed by atoms with Gasteiger partial charge in [-0.05, 0) is 91.6 Å². The SMILES string of the molecule is CC(=O)C12CCC3(CC1)[C@@H]1C=CC4=CC(=O)C(C)C(C)[C@@H]4[C@H]1CC[C@]23C. The zero-order valence-electron chi connectivity index (χ0n) is 16.7. The molecule has 2 bridgehead atoms. The number of fused-ring (bicyclic) bond motifs is 3. The Morgan fingerprint density at radius 1 is 1.12 bits per heavy atom. The van der Waals surface area contributed by atoms with Crippen LogP contribution in [0.25, 0.3) is 0 Å². The van der Waals surface area contributed by atoms with Crippen molar-refractivity contribution >= 4 is 11.6 Å². The van der Waals surface area contributed by atoms with Crippen LogP contribution in [0.5, 0.6) is 0 Å². The Kier molecular flexibility index (Phi) is 3.26. The third-order valence-electron chi connectivity index (χ3n) is 10.4. The van der Waals surface area contributed by atoms with Crippen molar-refractivity contribution in [2.45, 2.75) is 66.2 Å². The second-order valence-corrected chi connectivity index (χ2v) is 10.4. The monoisotopic (exact) mass is 352 g/mol. The molecule has 0 aromatic rings. The summed E-state index contributed by atoms with van der Waals surface area (Å²) in [7, 11) is 0. The molecule has 0 radical (unpaired) electrons. The van der Waals surface area contributed by atoms with Crippen LogP contribution in [-0.4, -0.2) is 11.6 Å².